The molecule has 5 heteroatoms. The second-order valence-electron chi connectivity index (χ2n) is 6.99. The van der Waals surface area contributed by atoms with Gasteiger partial charge in [0, 0.05) is 40.8 Å². The largest absolute Gasteiger partial charge is 0.363 e. The number of amides is 1. The van der Waals surface area contributed by atoms with E-state index in [9.17, 15) is 4.79 Å². The van der Waals surface area contributed by atoms with Crippen molar-refractivity contribution in [3.05, 3.63) is 78.0 Å². The maximum absolute atomic E-state index is 12.7. The van der Waals surface area contributed by atoms with E-state index >= 15 is 0 Å². The number of carbonyl (C=O) groups excluding carboxylic acids is 1. The van der Waals surface area contributed by atoms with Gasteiger partial charge in [-0.2, -0.15) is 0 Å². The summed E-state index contributed by atoms with van der Waals surface area (Å²) in [5.74, 6) is 0.169. The summed E-state index contributed by atoms with van der Waals surface area (Å²) in [4.78, 5) is 15.9. The lowest BCUT2D eigenvalue weighted by Crippen LogP contribution is -2.52. The first-order valence-corrected chi connectivity index (χ1v) is 8.91. The minimum Gasteiger partial charge on any atom is -0.363 e. The number of benzene rings is 2. The molecule has 3 heterocycles. The lowest BCUT2D eigenvalue weighted by Gasteiger charge is -2.33. The van der Waals surface area contributed by atoms with Crippen molar-refractivity contribution >= 4 is 22.5 Å². The molecule has 2 aromatic carbocycles. The van der Waals surface area contributed by atoms with Crippen LogP contribution in [-0.4, -0.2) is 28.1 Å². The van der Waals surface area contributed by atoms with Crippen molar-refractivity contribution in [1.29, 1.82) is 0 Å². The molecule has 3 unspecified atom stereocenters. The molecule has 26 heavy (non-hydrogen) atoms. The van der Waals surface area contributed by atoms with E-state index in [-0.39, 0.29) is 24.0 Å². The van der Waals surface area contributed by atoms with Crippen molar-refractivity contribution in [2.75, 3.05) is 0 Å². The lowest BCUT2D eigenvalue weighted by atomic mass is 9.90. The Bertz CT molecular complexity index is 1010. The third-order valence-electron chi connectivity index (χ3n) is 5.36. The van der Waals surface area contributed by atoms with E-state index in [4.69, 9.17) is 0 Å². The van der Waals surface area contributed by atoms with Gasteiger partial charge in [-0.05, 0) is 36.2 Å². The highest BCUT2D eigenvalue weighted by molar-refractivity contribution is 5.98. The van der Waals surface area contributed by atoms with Gasteiger partial charge >= 0.3 is 0 Å². The maximum Gasteiger partial charge on any atom is 0.264 e. The van der Waals surface area contributed by atoms with Crippen LogP contribution >= 0.6 is 0 Å². The molecule has 5 nitrogen and oxygen atoms in total. The molecule has 3 N–H and O–H groups in total. The number of hydrogen-bond acceptors (Lipinski definition) is 3. The standard InChI is InChI=1S/C21H20N4O/c1-13-20(14-5-3-2-4-6-14)21-23-18(12-19(26)25(21)24-13)15-7-8-17-16(11-15)9-10-22-17/h2-13,20-24H,1H3. The van der Waals surface area contributed by atoms with Crippen LogP contribution in [0.4, 0.5) is 0 Å². The number of hydrogen-bond donors (Lipinski definition) is 3. The SMILES string of the molecule is CC1NN2C(=O)C=C(c3ccc4[nH]ccc4c3)NC2C1c1ccccc1. The maximum atomic E-state index is 12.7. The number of aromatic amines is 1. The second kappa shape index (κ2) is 5.75. The van der Waals surface area contributed by atoms with Gasteiger partial charge in [0.15, 0.2) is 0 Å². The Morgan fingerprint density at radius 3 is 2.73 bits per heavy atom. The summed E-state index contributed by atoms with van der Waals surface area (Å²) in [5.41, 5.74) is 7.54. The van der Waals surface area contributed by atoms with Gasteiger partial charge < -0.3 is 10.3 Å². The number of hydrazine groups is 1. The van der Waals surface area contributed by atoms with E-state index in [1.165, 1.54) is 5.56 Å². The Morgan fingerprint density at radius 1 is 1.04 bits per heavy atom. The fourth-order valence-corrected chi connectivity index (χ4v) is 4.10. The van der Waals surface area contributed by atoms with Crippen molar-refractivity contribution in [3.8, 4) is 0 Å². The van der Waals surface area contributed by atoms with Crippen molar-refractivity contribution < 1.29 is 4.79 Å². The molecule has 130 valence electrons. The van der Waals surface area contributed by atoms with Crippen LogP contribution in [0, 0.1) is 0 Å². The molecule has 0 radical (unpaired) electrons. The molecule has 3 atom stereocenters. The summed E-state index contributed by atoms with van der Waals surface area (Å²) >= 11 is 0. The van der Waals surface area contributed by atoms with E-state index in [0.717, 1.165) is 22.2 Å². The highest BCUT2D eigenvalue weighted by atomic mass is 16.2. The molecule has 0 saturated carbocycles. The van der Waals surface area contributed by atoms with E-state index in [1.54, 1.807) is 11.1 Å². The topological polar surface area (TPSA) is 60.2 Å². The molecule has 0 bridgehead atoms. The van der Waals surface area contributed by atoms with Crippen LogP contribution in [0.2, 0.25) is 0 Å². The van der Waals surface area contributed by atoms with Crippen LogP contribution < -0.4 is 10.7 Å². The van der Waals surface area contributed by atoms with Crippen molar-refractivity contribution in [2.45, 2.75) is 25.0 Å². The molecule has 5 rings (SSSR count). The number of nitrogens with zero attached hydrogens (tertiary/aromatic N) is 1. The van der Waals surface area contributed by atoms with Crippen LogP contribution in [0.15, 0.2) is 66.9 Å². The highest BCUT2D eigenvalue weighted by Gasteiger charge is 2.44. The number of nitrogens with one attached hydrogen (secondary N) is 3. The number of aromatic nitrogens is 1. The molecule has 1 aromatic heterocycles. The third-order valence-corrected chi connectivity index (χ3v) is 5.36. The van der Waals surface area contributed by atoms with Gasteiger partial charge in [-0.1, -0.05) is 36.4 Å². The molecule has 3 aromatic rings. The Balaban J connectivity index is 1.52. The predicted octanol–water partition coefficient (Wildman–Crippen LogP) is 2.96. The van der Waals surface area contributed by atoms with Crippen LogP contribution in [0.3, 0.4) is 0 Å². The highest BCUT2D eigenvalue weighted by Crippen LogP contribution is 2.34. The number of H-pyrrole nitrogens is 1. The summed E-state index contributed by atoms with van der Waals surface area (Å²) in [6.45, 7) is 2.12. The third kappa shape index (κ3) is 2.32. The van der Waals surface area contributed by atoms with Gasteiger partial charge in [-0.15, -0.1) is 0 Å². The summed E-state index contributed by atoms with van der Waals surface area (Å²) in [7, 11) is 0. The van der Waals surface area contributed by atoms with Crippen LogP contribution in [0.25, 0.3) is 16.6 Å². The summed E-state index contributed by atoms with van der Waals surface area (Å²) in [5, 5.41) is 6.45. The predicted molar refractivity (Wildman–Crippen MR) is 102 cm³/mol. The van der Waals surface area contributed by atoms with Crippen LogP contribution in [-0.2, 0) is 4.79 Å². The van der Waals surface area contributed by atoms with E-state index in [2.05, 4.69) is 40.8 Å². The smallest absolute Gasteiger partial charge is 0.264 e. The van der Waals surface area contributed by atoms with Gasteiger partial charge in [-0.25, -0.2) is 5.43 Å². The van der Waals surface area contributed by atoms with E-state index in [0.29, 0.717) is 0 Å². The van der Waals surface area contributed by atoms with Gasteiger partial charge in [-0.3, -0.25) is 9.80 Å². The normalized spacial score (nSPS) is 25.1. The first-order valence-electron chi connectivity index (χ1n) is 8.91. The summed E-state index contributed by atoms with van der Waals surface area (Å²) < 4.78 is 0. The summed E-state index contributed by atoms with van der Waals surface area (Å²) in [6, 6.07) is 18.8. The van der Waals surface area contributed by atoms with Gasteiger partial charge in [0.25, 0.3) is 5.91 Å². The molecule has 1 amide bonds. The molecule has 2 aliphatic heterocycles. The van der Waals surface area contributed by atoms with Crippen molar-refractivity contribution in [3.63, 3.8) is 0 Å². The molecule has 0 spiro atoms. The van der Waals surface area contributed by atoms with Crippen molar-refractivity contribution in [1.82, 2.24) is 20.7 Å². The minimum absolute atomic E-state index is 0.0109. The fraction of sp³-hybridized carbons (Fsp3) is 0.190. The Labute approximate surface area is 151 Å². The number of rotatable bonds is 2. The number of carbonyl (C=O) groups is 1. The second-order valence-corrected chi connectivity index (χ2v) is 6.99. The van der Waals surface area contributed by atoms with Crippen LogP contribution in [0.1, 0.15) is 24.0 Å². The summed E-state index contributed by atoms with van der Waals surface area (Å²) in [6.07, 6.45) is 3.50. The zero-order valence-corrected chi connectivity index (χ0v) is 14.4. The van der Waals surface area contributed by atoms with E-state index in [1.807, 2.05) is 42.6 Å². The average Bonchev–Trinajstić information content (AvgIpc) is 3.25. The molecule has 1 saturated heterocycles. The molecular weight excluding hydrogens is 324 g/mol. The molecule has 0 aliphatic carbocycles. The van der Waals surface area contributed by atoms with Gasteiger partial charge in [0.1, 0.15) is 6.17 Å². The first kappa shape index (κ1) is 15.2. The van der Waals surface area contributed by atoms with E-state index < -0.39 is 0 Å². The van der Waals surface area contributed by atoms with Crippen LogP contribution in [0.5, 0.6) is 0 Å². The van der Waals surface area contributed by atoms with Gasteiger partial charge in [0.2, 0.25) is 0 Å². The number of fused-ring (bicyclic) bond motifs is 2. The Morgan fingerprint density at radius 2 is 1.88 bits per heavy atom. The fourth-order valence-electron chi connectivity index (χ4n) is 4.10. The first-order chi connectivity index (χ1) is 12.7. The average molecular weight is 344 g/mol. The zero-order valence-electron chi connectivity index (χ0n) is 14.4. The Kier molecular flexibility index (Phi) is 3.36. The quantitative estimate of drug-likeness (QED) is 0.670. The monoisotopic (exact) mass is 344 g/mol. The molecular formula is C21H20N4O. The minimum atomic E-state index is -0.109. The molecule has 1 fully saturated rings. The molecule has 2 aliphatic rings. The van der Waals surface area contributed by atoms with Gasteiger partial charge in [0.05, 0.1) is 0 Å². The van der Waals surface area contributed by atoms with Crippen molar-refractivity contribution in [2.24, 2.45) is 0 Å². The zero-order chi connectivity index (χ0) is 17.7. The lowest BCUT2D eigenvalue weighted by molar-refractivity contribution is -0.130. The Hall–Kier alpha value is -3.05.